The molecule has 1 aliphatic rings. The van der Waals surface area contributed by atoms with Crippen LogP contribution in [0.3, 0.4) is 0 Å². The first-order valence-electron chi connectivity index (χ1n) is 6.69. The van der Waals surface area contributed by atoms with Gasteiger partial charge in [-0.25, -0.2) is 4.39 Å². The summed E-state index contributed by atoms with van der Waals surface area (Å²) in [6, 6.07) is 4.68. The minimum atomic E-state index is -0.399. The first-order chi connectivity index (χ1) is 9.27. The van der Waals surface area contributed by atoms with Crippen LogP contribution in [0, 0.1) is 5.82 Å². The standard InChI is InChI=1S/C14H16FN3O/c15-11-7-5-6-10-12(11)16-17-13(10)14(19)18-8-3-1-2-4-9-18/h5-7H,1-4,8-9H2,(H,16,17). The SMILES string of the molecule is O=C(c1[nH]nc2c(F)cccc12)N1CCCCCC1. The lowest BCUT2D eigenvalue weighted by molar-refractivity contribution is 0.0757. The Morgan fingerprint density at radius 1 is 1.21 bits per heavy atom. The predicted molar refractivity (Wildman–Crippen MR) is 70.4 cm³/mol. The zero-order valence-electron chi connectivity index (χ0n) is 10.7. The second-order valence-corrected chi connectivity index (χ2v) is 4.94. The van der Waals surface area contributed by atoms with E-state index in [4.69, 9.17) is 0 Å². The van der Waals surface area contributed by atoms with Crippen LogP contribution in [-0.4, -0.2) is 34.1 Å². The van der Waals surface area contributed by atoms with Crippen molar-refractivity contribution in [3.05, 3.63) is 29.7 Å². The van der Waals surface area contributed by atoms with Gasteiger partial charge in [-0.1, -0.05) is 25.0 Å². The molecule has 0 saturated carbocycles. The van der Waals surface area contributed by atoms with Gasteiger partial charge in [-0.2, -0.15) is 5.10 Å². The van der Waals surface area contributed by atoms with Crippen LogP contribution in [0.5, 0.6) is 0 Å². The Labute approximate surface area is 110 Å². The Hall–Kier alpha value is -1.91. The number of rotatable bonds is 1. The number of aromatic nitrogens is 2. The molecule has 1 N–H and O–H groups in total. The molecule has 4 nitrogen and oxygen atoms in total. The summed E-state index contributed by atoms with van der Waals surface area (Å²) in [4.78, 5) is 14.3. The molecular formula is C14H16FN3O. The first kappa shape index (κ1) is 12.1. The number of likely N-dealkylation sites (tertiary alicyclic amines) is 1. The maximum atomic E-state index is 13.6. The molecule has 0 aliphatic carbocycles. The molecule has 5 heteroatoms. The van der Waals surface area contributed by atoms with E-state index in [-0.39, 0.29) is 11.4 Å². The van der Waals surface area contributed by atoms with E-state index in [9.17, 15) is 9.18 Å². The van der Waals surface area contributed by atoms with Gasteiger partial charge in [0, 0.05) is 18.5 Å². The fraction of sp³-hybridized carbons (Fsp3) is 0.429. The van der Waals surface area contributed by atoms with Gasteiger partial charge < -0.3 is 4.90 Å². The van der Waals surface area contributed by atoms with Crippen LogP contribution in [0.2, 0.25) is 0 Å². The van der Waals surface area contributed by atoms with Crippen molar-refractivity contribution in [1.82, 2.24) is 15.1 Å². The lowest BCUT2D eigenvalue weighted by Crippen LogP contribution is -2.32. The Morgan fingerprint density at radius 3 is 2.68 bits per heavy atom. The molecule has 0 atom stereocenters. The molecule has 0 radical (unpaired) electrons. The van der Waals surface area contributed by atoms with Crippen LogP contribution in [-0.2, 0) is 0 Å². The molecular weight excluding hydrogens is 245 g/mol. The van der Waals surface area contributed by atoms with E-state index in [1.165, 1.54) is 18.9 Å². The average molecular weight is 261 g/mol. The van der Waals surface area contributed by atoms with Gasteiger partial charge in [0.2, 0.25) is 0 Å². The van der Waals surface area contributed by atoms with Crippen molar-refractivity contribution in [3.63, 3.8) is 0 Å². The molecule has 0 bridgehead atoms. The van der Waals surface area contributed by atoms with Crippen molar-refractivity contribution in [2.24, 2.45) is 0 Å². The van der Waals surface area contributed by atoms with Crippen molar-refractivity contribution in [2.45, 2.75) is 25.7 Å². The summed E-state index contributed by atoms with van der Waals surface area (Å²) in [6.07, 6.45) is 4.41. The van der Waals surface area contributed by atoms with Gasteiger partial charge in [-0.15, -0.1) is 0 Å². The van der Waals surface area contributed by atoms with Gasteiger partial charge >= 0.3 is 0 Å². The molecule has 2 aromatic rings. The highest BCUT2D eigenvalue weighted by Gasteiger charge is 2.21. The Bertz CT molecular complexity index is 600. The molecule has 1 amide bonds. The number of aromatic amines is 1. The van der Waals surface area contributed by atoms with E-state index >= 15 is 0 Å². The number of carbonyl (C=O) groups excluding carboxylic acids is 1. The second kappa shape index (κ2) is 4.99. The minimum absolute atomic E-state index is 0.0741. The molecule has 0 spiro atoms. The lowest BCUT2D eigenvalue weighted by Gasteiger charge is -2.19. The summed E-state index contributed by atoms with van der Waals surface area (Å²) < 4.78 is 13.6. The van der Waals surface area contributed by atoms with E-state index in [2.05, 4.69) is 10.2 Å². The summed E-state index contributed by atoms with van der Waals surface area (Å²) >= 11 is 0. The number of halogens is 1. The van der Waals surface area contributed by atoms with Crippen molar-refractivity contribution in [2.75, 3.05) is 13.1 Å². The number of H-pyrrole nitrogens is 1. The van der Waals surface area contributed by atoms with E-state index in [1.54, 1.807) is 12.1 Å². The number of hydrogen-bond acceptors (Lipinski definition) is 2. The third-order valence-electron chi connectivity index (χ3n) is 3.64. The van der Waals surface area contributed by atoms with Crippen molar-refractivity contribution in [3.8, 4) is 0 Å². The highest BCUT2D eigenvalue weighted by atomic mass is 19.1. The number of nitrogens with one attached hydrogen (secondary N) is 1. The maximum absolute atomic E-state index is 13.6. The summed E-state index contributed by atoms with van der Waals surface area (Å²) in [5.41, 5.74) is 0.636. The Kier molecular flexibility index (Phi) is 3.19. The zero-order chi connectivity index (χ0) is 13.2. The van der Waals surface area contributed by atoms with Crippen molar-refractivity contribution < 1.29 is 9.18 Å². The number of carbonyl (C=O) groups is 1. The number of para-hydroxylation sites is 1. The molecule has 0 unspecified atom stereocenters. The van der Waals surface area contributed by atoms with Crippen LogP contribution >= 0.6 is 0 Å². The molecule has 19 heavy (non-hydrogen) atoms. The van der Waals surface area contributed by atoms with E-state index in [1.807, 2.05) is 4.90 Å². The Balaban J connectivity index is 1.95. The second-order valence-electron chi connectivity index (χ2n) is 4.94. The molecule has 1 fully saturated rings. The highest BCUT2D eigenvalue weighted by Crippen LogP contribution is 2.21. The third kappa shape index (κ3) is 2.20. The molecule has 2 heterocycles. The Morgan fingerprint density at radius 2 is 1.95 bits per heavy atom. The summed E-state index contributed by atoms with van der Waals surface area (Å²) in [5.74, 6) is -0.473. The van der Waals surface area contributed by atoms with Gasteiger partial charge in [0.1, 0.15) is 11.2 Å². The first-order valence-corrected chi connectivity index (χ1v) is 6.69. The number of hydrogen-bond donors (Lipinski definition) is 1. The van der Waals surface area contributed by atoms with E-state index in [0.29, 0.717) is 11.1 Å². The topological polar surface area (TPSA) is 49.0 Å². The summed E-state index contributed by atoms with van der Waals surface area (Å²) in [5, 5.41) is 7.16. The normalized spacial score (nSPS) is 16.6. The van der Waals surface area contributed by atoms with Crippen LogP contribution in [0.4, 0.5) is 4.39 Å². The fourth-order valence-corrected chi connectivity index (χ4v) is 2.60. The summed E-state index contributed by atoms with van der Waals surface area (Å²) in [7, 11) is 0. The average Bonchev–Trinajstić information content (AvgIpc) is 2.67. The highest BCUT2D eigenvalue weighted by molar-refractivity contribution is 6.04. The van der Waals surface area contributed by atoms with Gasteiger partial charge in [0.25, 0.3) is 5.91 Å². The van der Waals surface area contributed by atoms with Crippen LogP contribution in [0.25, 0.3) is 10.9 Å². The van der Waals surface area contributed by atoms with Crippen LogP contribution < -0.4 is 0 Å². The minimum Gasteiger partial charge on any atom is -0.337 e. The molecule has 1 aliphatic heterocycles. The number of amides is 1. The molecule has 1 aromatic carbocycles. The van der Waals surface area contributed by atoms with E-state index < -0.39 is 5.82 Å². The number of fused-ring (bicyclic) bond motifs is 1. The molecule has 1 saturated heterocycles. The van der Waals surface area contributed by atoms with Gasteiger partial charge in [0.15, 0.2) is 5.82 Å². The summed E-state index contributed by atoms with van der Waals surface area (Å²) in [6.45, 7) is 1.54. The fourth-order valence-electron chi connectivity index (χ4n) is 2.60. The van der Waals surface area contributed by atoms with Crippen molar-refractivity contribution >= 4 is 16.8 Å². The lowest BCUT2D eigenvalue weighted by atomic mass is 10.2. The number of benzene rings is 1. The third-order valence-corrected chi connectivity index (χ3v) is 3.64. The van der Waals surface area contributed by atoms with Gasteiger partial charge in [0.05, 0.1) is 0 Å². The van der Waals surface area contributed by atoms with Crippen molar-refractivity contribution in [1.29, 1.82) is 0 Å². The van der Waals surface area contributed by atoms with E-state index in [0.717, 1.165) is 25.9 Å². The zero-order valence-corrected chi connectivity index (χ0v) is 10.7. The molecule has 1 aromatic heterocycles. The maximum Gasteiger partial charge on any atom is 0.272 e. The smallest absolute Gasteiger partial charge is 0.272 e. The van der Waals surface area contributed by atoms with Gasteiger partial charge in [-0.3, -0.25) is 9.89 Å². The predicted octanol–water partition coefficient (Wildman–Crippen LogP) is 2.72. The van der Waals surface area contributed by atoms with Gasteiger partial charge in [-0.05, 0) is 18.9 Å². The largest absolute Gasteiger partial charge is 0.337 e. The molecule has 100 valence electrons. The quantitative estimate of drug-likeness (QED) is 0.858. The number of nitrogens with zero attached hydrogens (tertiary/aromatic N) is 2. The van der Waals surface area contributed by atoms with Crippen LogP contribution in [0.1, 0.15) is 36.2 Å². The monoisotopic (exact) mass is 261 g/mol. The van der Waals surface area contributed by atoms with Crippen LogP contribution in [0.15, 0.2) is 18.2 Å². The molecule has 3 rings (SSSR count).